The molecular weight excluding hydrogens is 338 g/mol. The van der Waals surface area contributed by atoms with Crippen LogP contribution in [-0.4, -0.2) is 38.2 Å². The number of methoxy groups -OCH3 is 1. The fraction of sp³-hybridized carbons (Fsp3) is 0.368. The summed E-state index contributed by atoms with van der Waals surface area (Å²) in [4.78, 5) is 25.0. The van der Waals surface area contributed by atoms with Crippen LogP contribution in [0.4, 0.5) is 0 Å². The molecule has 138 valence electrons. The second-order valence-electron chi connectivity index (χ2n) is 5.88. The van der Waals surface area contributed by atoms with Gasteiger partial charge in [-0.2, -0.15) is 0 Å². The van der Waals surface area contributed by atoms with E-state index in [0.29, 0.717) is 24.5 Å². The molecule has 1 aliphatic heterocycles. The fourth-order valence-corrected chi connectivity index (χ4v) is 2.81. The quantitative estimate of drug-likeness (QED) is 0.764. The Labute approximate surface area is 151 Å². The molecule has 0 unspecified atom stereocenters. The summed E-state index contributed by atoms with van der Waals surface area (Å²) in [5, 5.41) is 2.80. The standard InChI is InChI=1S/C19H21NO6/c1-23-15-8-3-2-7-14(15)17(26-19(22)16-9-5-11-25-16)18(21)20-12-13-6-4-10-24-13/h2-3,5,7-9,11,13,17H,4,6,10,12H2,1H3,(H,20,21)/t13-,17-/m1/s1. The summed E-state index contributed by atoms with van der Waals surface area (Å²) in [6.45, 7) is 1.06. The summed E-state index contributed by atoms with van der Waals surface area (Å²) in [7, 11) is 1.49. The Bertz CT molecular complexity index is 736. The molecule has 1 aromatic carbocycles. The van der Waals surface area contributed by atoms with E-state index in [0.717, 1.165) is 12.8 Å². The zero-order chi connectivity index (χ0) is 18.4. The summed E-state index contributed by atoms with van der Waals surface area (Å²) in [6.07, 6.45) is 2.06. The molecule has 26 heavy (non-hydrogen) atoms. The minimum Gasteiger partial charge on any atom is -0.496 e. The highest BCUT2D eigenvalue weighted by atomic mass is 16.6. The lowest BCUT2D eigenvalue weighted by Gasteiger charge is -2.20. The SMILES string of the molecule is COc1ccccc1[C@@H](OC(=O)c1ccco1)C(=O)NC[C@H]1CCCO1. The minimum atomic E-state index is -1.16. The van der Waals surface area contributed by atoms with E-state index in [1.807, 2.05) is 0 Å². The third-order valence-corrected chi connectivity index (χ3v) is 4.13. The van der Waals surface area contributed by atoms with Gasteiger partial charge in [-0.3, -0.25) is 4.79 Å². The van der Waals surface area contributed by atoms with Crippen LogP contribution in [0.2, 0.25) is 0 Å². The number of carbonyl (C=O) groups is 2. The summed E-state index contributed by atoms with van der Waals surface area (Å²) in [5.74, 6) is -0.683. The number of amides is 1. The van der Waals surface area contributed by atoms with Crippen LogP contribution in [0.15, 0.2) is 47.1 Å². The monoisotopic (exact) mass is 359 g/mol. The number of carbonyl (C=O) groups excluding carboxylic acids is 2. The van der Waals surface area contributed by atoms with E-state index >= 15 is 0 Å². The van der Waals surface area contributed by atoms with E-state index in [1.54, 1.807) is 30.3 Å². The van der Waals surface area contributed by atoms with E-state index in [1.165, 1.54) is 19.4 Å². The van der Waals surface area contributed by atoms with E-state index in [4.69, 9.17) is 18.6 Å². The van der Waals surface area contributed by atoms with Crippen molar-refractivity contribution in [1.29, 1.82) is 0 Å². The van der Waals surface area contributed by atoms with Crippen LogP contribution < -0.4 is 10.1 Å². The van der Waals surface area contributed by atoms with Crippen molar-refractivity contribution < 1.29 is 28.2 Å². The molecule has 3 rings (SSSR count). The maximum Gasteiger partial charge on any atom is 0.375 e. The molecule has 1 aromatic heterocycles. The highest BCUT2D eigenvalue weighted by Gasteiger charge is 2.30. The molecule has 2 atom stereocenters. The molecule has 0 radical (unpaired) electrons. The first-order valence-electron chi connectivity index (χ1n) is 8.45. The van der Waals surface area contributed by atoms with Crippen molar-refractivity contribution in [3.63, 3.8) is 0 Å². The van der Waals surface area contributed by atoms with Gasteiger partial charge in [-0.05, 0) is 31.0 Å². The number of hydrogen-bond donors (Lipinski definition) is 1. The predicted octanol–water partition coefficient (Wildman–Crippen LogP) is 2.48. The van der Waals surface area contributed by atoms with Gasteiger partial charge in [0.15, 0.2) is 0 Å². The zero-order valence-corrected chi connectivity index (χ0v) is 14.5. The minimum absolute atomic E-state index is 0.0157. The van der Waals surface area contributed by atoms with Crippen LogP contribution >= 0.6 is 0 Å². The summed E-state index contributed by atoms with van der Waals surface area (Å²) in [5.41, 5.74) is 0.458. The van der Waals surface area contributed by atoms with Crippen molar-refractivity contribution in [2.75, 3.05) is 20.3 Å². The van der Waals surface area contributed by atoms with Gasteiger partial charge in [0.1, 0.15) is 5.75 Å². The van der Waals surface area contributed by atoms with Crippen molar-refractivity contribution in [3.05, 3.63) is 54.0 Å². The molecule has 0 aliphatic carbocycles. The third-order valence-electron chi connectivity index (χ3n) is 4.13. The van der Waals surface area contributed by atoms with Gasteiger partial charge in [-0.15, -0.1) is 0 Å². The Morgan fingerprint density at radius 1 is 1.27 bits per heavy atom. The first-order chi connectivity index (χ1) is 12.7. The molecule has 1 saturated heterocycles. The number of esters is 1. The first kappa shape index (κ1) is 18.0. The maximum absolute atomic E-state index is 12.7. The number of benzene rings is 1. The molecular formula is C19H21NO6. The average molecular weight is 359 g/mol. The lowest BCUT2D eigenvalue weighted by Crippen LogP contribution is -2.37. The molecule has 1 N–H and O–H groups in total. The van der Waals surface area contributed by atoms with Gasteiger partial charge in [-0.25, -0.2) is 4.79 Å². The summed E-state index contributed by atoms with van der Waals surface area (Å²) < 4.78 is 21.3. The lowest BCUT2D eigenvalue weighted by molar-refractivity contribution is -0.131. The number of furan rings is 1. The van der Waals surface area contributed by atoms with Gasteiger partial charge < -0.3 is 23.9 Å². The molecule has 0 saturated carbocycles. The summed E-state index contributed by atoms with van der Waals surface area (Å²) in [6, 6.07) is 9.97. The van der Waals surface area contributed by atoms with Crippen LogP contribution in [0.5, 0.6) is 5.75 Å². The van der Waals surface area contributed by atoms with E-state index < -0.39 is 18.0 Å². The second-order valence-corrected chi connectivity index (χ2v) is 5.88. The molecule has 1 amide bonds. The van der Waals surface area contributed by atoms with Crippen LogP contribution in [-0.2, 0) is 14.3 Å². The van der Waals surface area contributed by atoms with Gasteiger partial charge in [0.25, 0.3) is 5.91 Å². The van der Waals surface area contributed by atoms with Crippen molar-refractivity contribution in [1.82, 2.24) is 5.32 Å². The Kier molecular flexibility index (Phi) is 5.91. The second kappa shape index (κ2) is 8.53. The Morgan fingerprint density at radius 2 is 2.12 bits per heavy atom. The zero-order valence-electron chi connectivity index (χ0n) is 14.5. The number of nitrogens with one attached hydrogen (secondary N) is 1. The molecule has 7 nitrogen and oxygen atoms in total. The van der Waals surface area contributed by atoms with E-state index in [2.05, 4.69) is 5.32 Å². The van der Waals surface area contributed by atoms with Gasteiger partial charge in [0.2, 0.25) is 11.9 Å². The predicted molar refractivity (Wildman–Crippen MR) is 91.8 cm³/mol. The number of rotatable bonds is 7. The van der Waals surface area contributed by atoms with Crippen molar-refractivity contribution in [2.24, 2.45) is 0 Å². The molecule has 0 bridgehead atoms. The van der Waals surface area contributed by atoms with Crippen LogP contribution in [0.25, 0.3) is 0 Å². The van der Waals surface area contributed by atoms with Crippen molar-refractivity contribution in [2.45, 2.75) is 25.0 Å². The molecule has 1 aliphatic rings. The maximum atomic E-state index is 12.7. The van der Waals surface area contributed by atoms with Crippen molar-refractivity contribution in [3.8, 4) is 5.75 Å². The molecule has 1 fully saturated rings. The van der Waals surface area contributed by atoms with E-state index in [-0.39, 0.29) is 11.9 Å². The Balaban J connectivity index is 1.78. The molecule has 2 aromatic rings. The largest absolute Gasteiger partial charge is 0.496 e. The average Bonchev–Trinajstić information content (AvgIpc) is 3.38. The van der Waals surface area contributed by atoms with Gasteiger partial charge in [0, 0.05) is 18.7 Å². The smallest absolute Gasteiger partial charge is 0.375 e. The topological polar surface area (TPSA) is 87.0 Å². The Morgan fingerprint density at radius 3 is 2.81 bits per heavy atom. The highest BCUT2D eigenvalue weighted by molar-refractivity contribution is 5.91. The normalized spacial score (nSPS) is 17.5. The molecule has 0 spiro atoms. The van der Waals surface area contributed by atoms with Crippen LogP contribution in [0, 0.1) is 0 Å². The lowest BCUT2D eigenvalue weighted by atomic mass is 10.1. The molecule has 7 heteroatoms. The number of ether oxygens (including phenoxy) is 3. The Hall–Kier alpha value is -2.80. The van der Waals surface area contributed by atoms with Crippen molar-refractivity contribution >= 4 is 11.9 Å². The van der Waals surface area contributed by atoms with Gasteiger partial charge in [0.05, 0.1) is 19.5 Å². The van der Waals surface area contributed by atoms with Crippen LogP contribution in [0.3, 0.4) is 0 Å². The highest BCUT2D eigenvalue weighted by Crippen LogP contribution is 2.28. The third kappa shape index (κ3) is 4.23. The fourth-order valence-electron chi connectivity index (χ4n) is 2.81. The first-order valence-corrected chi connectivity index (χ1v) is 8.45. The summed E-state index contributed by atoms with van der Waals surface area (Å²) >= 11 is 0. The van der Waals surface area contributed by atoms with Gasteiger partial charge in [-0.1, -0.05) is 18.2 Å². The van der Waals surface area contributed by atoms with E-state index in [9.17, 15) is 9.59 Å². The number of para-hydroxylation sites is 1. The number of hydrogen-bond acceptors (Lipinski definition) is 6. The van der Waals surface area contributed by atoms with Crippen LogP contribution in [0.1, 0.15) is 35.1 Å². The molecule has 2 heterocycles. The van der Waals surface area contributed by atoms with Gasteiger partial charge >= 0.3 is 5.97 Å².